The van der Waals surface area contributed by atoms with Gasteiger partial charge >= 0.3 is 0 Å². The van der Waals surface area contributed by atoms with Gasteiger partial charge in [0.1, 0.15) is 11.7 Å². The van der Waals surface area contributed by atoms with Crippen molar-refractivity contribution in [3.63, 3.8) is 0 Å². The fraction of sp³-hybridized carbons (Fsp3) is 0.0244. The number of benzene rings is 5. The van der Waals surface area contributed by atoms with E-state index in [0.29, 0.717) is 0 Å². The van der Waals surface area contributed by atoms with E-state index in [1.54, 1.807) is 0 Å². The van der Waals surface area contributed by atoms with Crippen LogP contribution in [0.25, 0.3) is 44.2 Å². The van der Waals surface area contributed by atoms with Gasteiger partial charge in [-0.15, -0.1) is 0 Å². The molecular formula is C41H27N4+. The van der Waals surface area contributed by atoms with Crippen LogP contribution < -0.4 is 9.48 Å². The highest BCUT2D eigenvalue weighted by Gasteiger charge is 2.49. The van der Waals surface area contributed by atoms with E-state index in [9.17, 15) is 0 Å². The number of hydrogen-bond donors (Lipinski definition) is 0. The first-order valence-electron chi connectivity index (χ1n) is 15.4. The number of anilines is 2. The lowest BCUT2D eigenvalue weighted by atomic mass is 9.92. The van der Waals surface area contributed by atoms with Crippen molar-refractivity contribution in [2.45, 2.75) is 6.04 Å². The third-order valence-electron chi connectivity index (χ3n) is 9.51. The molecule has 0 radical (unpaired) electrons. The molecule has 0 amide bonds. The van der Waals surface area contributed by atoms with Gasteiger partial charge in [0, 0.05) is 58.7 Å². The number of nitrogens with zero attached hydrogens (tertiary/aromatic N) is 4. The summed E-state index contributed by atoms with van der Waals surface area (Å²) < 4.78 is 4.86. The largest absolute Gasteiger partial charge is 0.317 e. The van der Waals surface area contributed by atoms with E-state index in [1.807, 2.05) is 18.5 Å². The van der Waals surface area contributed by atoms with Crippen LogP contribution in [0, 0.1) is 0 Å². The van der Waals surface area contributed by atoms with Gasteiger partial charge in [-0.2, -0.15) is 4.58 Å². The molecule has 45 heavy (non-hydrogen) atoms. The van der Waals surface area contributed by atoms with Crippen molar-refractivity contribution >= 4 is 55.8 Å². The van der Waals surface area contributed by atoms with Gasteiger partial charge in [-0.1, -0.05) is 84.9 Å². The number of aromatic nitrogens is 2. The molecule has 2 aromatic heterocycles. The third-order valence-corrected chi connectivity index (χ3v) is 9.51. The summed E-state index contributed by atoms with van der Waals surface area (Å²) in [6.07, 6.45) is 10.6. The van der Waals surface area contributed by atoms with Crippen LogP contribution in [0.4, 0.5) is 22.7 Å². The van der Waals surface area contributed by atoms with Crippen molar-refractivity contribution in [1.82, 2.24) is 14.1 Å². The van der Waals surface area contributed by atoms with Gasteiger partial charge in [0.25, 0.3) is 0 Å². The minimum absolute atomic E-state index is 0.0894. The van der Waals surface area contributed by atoms with Crippen LogP contribution >= 0.6 is 0 Å². The maximum Gasteiger partial charge on any atom is 0.235 e. The highest BCUT2D eigenvalue weighted by molar-refractivity contribution is 6.27. The summed E-state index contributed by atoms with van der Waals surface area (Å²) in [5.41, 5.74) is 14.6. The van der Waals surface area contributed by atoms with Gasteiger partial charge in [-0.3, -0.25) is 4.98 Å². The molecular weight excluding hydrogens is 548 g/mol. The molecule has 10 rings (SSSR count). The van der Waals surface area contributed by atoms with Crippen molar-refractivity contribution in [2.75, 3.05) is 4.90 Å². The monoisotopic (exact) mass is 575 g/mol. The van der Waals surface area contributed by atoms with Gasteiger partial charge < -0.3 is 9.47 Å². The van der Waals surface area contributed by atoms with Crippen LogP contribution in [0.2, 0.25) is 0 Å². The van der Waals surface area contributed by atoms with Gasteiger partial charge in [-0.25, -0.2) is 0 Å². The zero-order chi connectivity index (χ0) is 29.5. The standard InChI is InChI=1S/C41H27N4/c1-2-11-29(12-3-1)44-35-16-6-7-17-36(35)45-40-31(14-8-18-38(40)44)32-23-24-37-39(41(32)45)33-13-4-5-15-34(33)43(37)30-21-19-27(20-22-30)28-10-9-25-42-26-28/h1-26,40H/q+1. The fourth-order valence-electron chi connectivity index (χ4n) is 7.69. The highest BCUT2D eigenvalue weighted by atomic mass is 15.3. The summed E-state index contributed by atoms with van der Waals surface area (Å²) in [5, 5.41) is 2.55. The van der Waals surface area contributed by atoms with Crippen molar-refractivity contribution in [3.05, 3.63) is 164 Å². The fourth-order valence-corrected chi connectivity index (χ4v) is 7.69. The van der Waals surface area contributed by atoms with E-state index < -0.39 is 0 Å². The molecule has 2 aliphatic heterocycles. The molecule has 0 spiro atoms. The Morgan fingerprint density at radius 2 is 1.49 bits per heavy atom. The zero-order valence-electron chi connectivity index (χ0n) is 24.4. The zero-order valence-corrected chi connectivity index (χ0v) is 24.4. The topological polar surface area (TPSA) is 24.1 Å². The van der Waals surface area contributed by atoms with Gasteiger partial charge in [-0.05, 0) is 53.1 Å². The van der Waals surface area contributed by atoms with Crippen LogP contribution in [0.15, 0.2) is 158 Å². The predicted octanol–water partition coefficient (Wildman–Crippen LogP) is 9.61. The van der Waals surface area contributed by atoms with Crippen molar-refractivity contribution < 1.29 is 0 Å². The summed E-state index contributed by atoms with van der Waals surface area (Å²) in [7, 11) is 0. The second-order valence-corrected chi connectivity index (χ2v) is 11.8. The van der Waals surface area contributed by atoms with Crippen LogP contribution in [0.3, 0.4) is 0 Å². The first-order valence-corrected chi connectivity index (χ1v) is 15.4. The predicted molar refractivity (Wildman–Crippen MR) is 186 cm³/mol. The maximum absolute atomic E-state index is 4.32. The quantitative estimate of drug-likeness (QED) is 0.196. The average molecular weight is 576 g/mol. The van der Waals surface area contributed by atoms with Crippen LogP contribution in [-0.4, -0.2) is 21.3 Å². The smallest absolute Gasteiger partial charge is 0.235 e. The summed E-state index contributed by atoms with van der Waals surface area (Å²) in [4.78, 5) is 6.92. The van der Waals surface area contributed by atoms with E-state index in [-0.39, 0.29) is 6.04 Å². The van der Waals surface area contributed by atoms with Gasteiger partial charge in [0.15, 0.2) is 0 Å². The Balaban J connectivity index is 1.25. The van der Waals surface area contributed by atoms with E-state index in [4.69, 9.17) is 0 Å². The first kappa shape index (κ1) is 24.4. The Bertz CT molecular complexity index is 2410. The summed E-state index contributed by atoms with van der Waals surface area (Å²) in [6.45, 7) is 0. The third kappa shape index (κ3) is 3.36. The number of hydrogen-bond acceptors (Lipinski definition) is 2. The molecule has 0 saturated carbocycles. The SMILES string of the molecule is C1=CC2=[N+](c3ccccc3)c3ccccc3N3c4c(ccc5c4c4ccccc4n5-c4ccc(-c5cccnc5)cc4)C(=C1)C23. The van der Waals surface area contributed by atoms with Crippen LogP contribution in [0.5, 0.6) is 0 Å². The molecule has 3 aliphatic rings. The van der Waals surface area contributed by atoms with Gasteiger partial charge in [0.05, 0.1) is 16.7 Å². The highest BCUT2D eigenvalue weighted by Crippen LogP contribution is 2.55. The number of rotatable bonds is 3. The van der Waals surface area contributed by atoms with Crippen molar-refractivity contribution in [2.24, 2.45) is 0 Å². The molecule has 0 bridgehead atoms. The lowest BCUT2D eigenvalue weighted by molar-refractivity contribution is 0.933. The molecule has 7 aromatic rings. The molecule has 4 heteroatoms. The molecule has 0 fully saturated rings. The number of allylic oxidation sites excluding steroid dienone is 2. The van der Waals surface area contributed by atoms with Crippen molar-refractivity contribution in [3.8, 4) is 16.8 Å². The minimum atomic E-state index is 0.0894. The van der Waals surface area contributed by atoms with E-state index >= 15 is 0 Å². The molecule has 1 aliphatic carbocycles. The minimum Gasteiger partial charge on any atom is -0.317 e. The molecule has 0 N–H and O–H groups in total. The second-order valence-electron chi connectivity index (χ2n) is 11.8. The van der Waals surface area contributed by atoms with E-state index in [2.05, 4.69) is 159 Å². The first-order chi connectivity index (χ1) is 22.4. The summed E-state index contributed by atoms with van der Waals surface area (Å²) >= 11 is 0. The summed E-state index contributed by atoms with van der Waals surface area (Å²) in [6, 6.07) is 46.1. The van der Waals surface area contributed by atoms with E-state index in [0.717, 1.165) is 16.8 Å². The lowest BCUT2D eigenvalue weighted by Crippen LogP contribution is -2.43. The Kier molecular flexibility index (Phi) is 5.02. The maximum atomic E-state index is 4.32. The van der Waals surface area contributed by atoms with Gasteiger partial charge in [0.2, 0.25) is 17.1 Å². The molecule has 1 unspecified atom stereocenters. The Hall–Kier alpha value is -6.00. The molecule has 5 aromatic carbocycles. The van der Waals surface area contributed by atoms with E-state index in [1.165, 1.54) is 61.4 Å². The number of fused-ring (bicyclic) bond motifs is 9. The van der Waals surface area contributed by atoms with Crippen LogP contribution in [-0.2, 0) is 0 Å². The summed E-state index contributed by atoms with van der Waals surface area (Å²) in [5.74, 6) is 0. The number of pyridine rings is 1. The molecule has 0 saturated heterocycles. The normalized spacial score (nSPS) is 16.1. The van der Waals surface area contributed by atoms with Crippen LogP contribution in [0.1, 0.15) is 5.56 Å². The molecule has 4 heterocycles. The molecule has 210 valence electrons. The van der Waals surface area contributed by atoms with Crippen molar-refractivity contribution in [1.29, 1.82) is 0 Å². The molecule has 1 atom stereocenters. The average Bonchev–Trinajstić information content (AvgIpc) is 3.63. The lowest BCUT2D eigenvalue weighted by Gasteiger charge is -2.33. The second kappa shape index (κ2) is 9.25. The Labute approximate surface area is 260 Å². The Morgan fingerprint density at radius 3 is 2.36 bits per heavy atom. The number of para-hydroxylation sites is 4. The Morgan fingerprint density at radius 1 is 0.667 bits per heavy atom. The molecule has 4 nitrogen and oxygen atoms in total.